The largest absolute Gasteiger partial charge is 0.396 e. The molecule has 0 saturated carbocycles. The predicted molar refractivity (Wildman–Crippen MR) is 97.6 cm³/mol. The molecule has 0 aliphatic rings. The lowest BCUT2D eigenvalue weighted by Gasteiger charge is -2.10. The normalized spacial score (nSPS) is 9.00. The molecule has 0 unspecified atom stereocenters. The van der Waals surface area contributed by atoms with E-state index >= 15 is 0 Å². The number of aromatic nitrogens is 2. The van der Waals surface area contributed by atoms with Crippen molar-refractivity contribution in [2.45, 2.75) is 20.8 Å². The third-order valence-corrected chi connectivity index (χ3v) is 2.76. The van der Waals surface area contributed by atoms with Crippen LogP contribution in [0.2, 0.25) is 0 Å². The third kappa shape index (κ3) is 6.09. The van der Waals surface area contributed by atoms with Crippen LogP contribution in [0.5, 0.6) is 0 Å². The number of nitrogens with zero attached hydrogens (tertiary/aromatic N) is 3. The van der Waals surface area contributed by atoms with Crippen LogP contribution in [-0.2, 0) is 4.79 Å². The van der Waals surface area contributed by atoms with Crippen molar-refractivity contribution in [3.63, 3.8) is 0 Å². The lowest BCUT2D eigenvalue weighted by Crippen LogP contribution is -2.21. The summed E-state index contributed by atoms with van der Waals surface area (Å²) in [5.41, 5.74) is 12.3. The van der Waals surface area contributed by atoms with Gasteiger partial charge in [0.15, 0.2) is 5.69 Å². The highest BCUT2D eigenvalue weighted by Crippen LogP contribution is 2.15. The number of rotatable bonds is 3. The van der Waals surface area contributed by atoms with Crippen LogP contribution in [0.1, 0.15) is 41.6 Å². The van der Waals surface area contributed by atoms with E-state index in [9.17, 15) is 9.59 Å². The molecule has 2 rings (SSSR count). The molecule has 0 aliphatic heterocycles. The number of aldehydes is 1. The number of hydrogen-bond donors (Lipinski definition) is 2. The van der Waals surface area contributed by atoms with Crippen molar-refractivity contribution >= 4 is 23.8 Å². The van der Waals surface area contributed by atoms with Gasteiger partial charge < -0.3 is 21.2 Å². The third-order valence-electron chi connectivity index (χ3n) is 2.76. The van der Waals surface area contributed by atoms with E-state index in [1.165, 1.54) is 22.7 Å². The Morgan fingerprint density at radius 2 is 1.64 bits per heavy atom. The van der Waals surface area contributed by atoms with Crippen molar-refractivity contribution in [3.05, 3.63) is 41.7 Å². The smallest absolute Gasteiger partial charge is 0.271 e. The van der Waals surface area contributed by atoms with E-state index in [0.29, 0.717) is 11.3 Å². The number of carbonyl (C=O) groups is 3. The van der Waals surface area contributed by atoms with Gasteiger partial charge >= 0.3 is 0 Å². The van der Waals surface area contributed by atoms with Gasteiger partial charge in [-0.05, 0) is 31.2 Å². The average molecular weight is 347 g/mol. The Balaban J connectivity index is 0.00000104. The maximum Gasteiger partial charge on any atom is 0.271 e. The second-order valence-electron chi connectivity index (χ2n) is 4.72. The van der Waals surface area contributed by atoms with E-state index in [1.54, 1.807) is 38.4 Å². The van der Waals surface area contributed by atoms with Crippen LogP contribution in [0, 0.1) is 0 Å². The molecule has 0 bridgehead atoms. The molecule has 136 valence electrons. The monoisotopic (exact) mass is 347 g/mol. The van der Waals surface area contributed by atoms with Gasteiger partial charge in [-0.3, -0.25) is 9.59 Å². The van der Waals surface area contributed by atoms with Gasteiger partial charge in [0.2, 0.25) is 0 Å². The first kappa shape index (κ1) is 21.8. The van der Waals surface area contributed by atoms with Crippen LogP contribution >= 0.6 is 0 Å². The number of nitrogen functional groups attached to an aromatic ring is 1. The van der Waals surface area contributed by atoms with Gasteiger partial charge in [-0.25, -0.2) is 4.68 Å². The maximum atomic E-state index is 11.8. The summed E-state index contributed by atoms with van der Waals surface area (Å²) < 4.78 is 1.44. The molecule has 2 amide bonds. The summed E-state index contributed by atoms with van der Waals surface area (Å²) in [6, 6.07) is 6.79. The maximum absolute atomic E-state index is 11.8. The van der Waals surface area contributed by atoms with Gasteiger partial charge in [0.25, 0.3) is 11.8 Å². The highest BCUT2D eigenvalue weighted by molar-refractivity contribution is 5.96. The van der Waals surface area contributed by atoms with E-state index in [4.69, 9.17) is 16.3 Å². The molecule has 0 radical (unpaired) electrons. The van der Waals surface area contributed by atoms with E-state index in [-0.39, 0.29) is 17.3 Å². The zero-order valence-corrected chi connectivity index (χ0v) is 15.2. The minimum atomic E-state index is -0.680. The Bertz CT molecular complexity index is 706. The summed E-state index contributed by atoms with van der Waals surface area (Å²) in [5, 5.41) is 4.01. The molecule has 4 N–H and O–H groups in total. The predicted octanol–water partition coefficient (Wildman–Crippen LogP) is 1.49. The average Bonchev–Trinajstić information content (AvgIpc) is 2.99. The highest BCUT2D eigenvalue weighted by atomic mass is 16.2. The Morgan fingerprint density at radius 1 is 1.16 bits per heavy atom. The second kappa shape index (κ2) is 10.6. The molecule has 0 saturated heterocycles. The van der Waals surface area contributed by atoms with Crippen LogP contribution in [-0.4, -0.2) is 46.9 Å². The fourth-order valence-electron chi connectivity index (χ4n) is 1.73. The summed E-state index contributed by atoms with van der Waals surface area (Å²) in [4.78, 5) is 33.2. The molecule has 1 aromatic carbocycles. The Kier molecular flexibility index (Phi) is 9.25. The summed E-state index contributed by atoms with van der Waals surface area (Å²) in [6.07, 6.45) is 2.25. The zero-order valence-electron chi connectivity index (χ0n) is 15.2. The molecule has 0 fully saturated rings. The minimum absolute atomic E-state index is 0.0263. The topological polar surface area (TPSA) is 124 Å². The van der Waals surface area contributed by atoms with Crippen LogP contribution in [0.15, 0.2) is 30.5 Å². The van der Waals surface area contributed by atoms with E-state index < -0.39 is 5.91 Å². The zero-order chi connectivity index (χ0) is 19.6. The minimum Gasteiger partial charge on any atom is -0.396 e. The van der Waals surface area contributed by atoms with E-state index in [0.717, 1.165) is 6.29 Å². The van der Waals surface area contributed by atoms with Crippen molar-refractivity contribution in [3.8, 4) is 5.69 Å². The van der Waals surface area contributed by atoms with Gasteiger partial charge in [0.1, 0.15) is 6.29 Å². The molecule has 0 spiro atoms. The van der Waals surface area contributed by atoms with Crippen LogP contribution in [0.25, 0.3) is 5.69 Å². The summed E-state index contributed by atoms with van der Waals surface area (Å²) in [5.74, 6) is -0.769. The van der Waals surface area contributed by atoms with Crippen molar-refractivity contribution in [2.75, 3.05) is 19.8 Å². The Labute approximate surface area is 147 Å². The second-order valence-corrected chi connectivity index (χ2v) is 4.72. The van der Waals surface area contributed by atoms with Gasteiger partial charge in [0.05, 0.1) is 17.6 Å². The number of nitrogens with two attached hydrogens (primary N) is 2. The number of benzene rings is 1. The van der Waals surface area contributed by atoms with Crippen molar-refractivity contribution < 1.29 is 14.4 Å². The van der Waals surface area contributed by atoms with Crippen LogP contribution in [0.4, 0.5) is 5.69 Å². The van der Waals surface area contributed by atoms with Crippen LogP contribution in [0.3, 0.4) is 0 Å². The molecule has 8 nitrogen and oxygen atoms in total. The number of primary amides is 1. The van der Waals surface area contributed by atoms with E-state index in [2.05, 4.69) is 5.10 Å². The summed E-state index contributed by atoms with van der Waals surface area (Å²) in [7, 11) is 3.37. The molecule has 2 aromatic rings. The lowest BCUT2D eigenvalue weighted by molar-refractivity contribution is -0.106. The summed E-state index contributed by atoms with van der Waals surface area (Å²) in [6.45, 7) is 5.44. The van der Waals surface area contributed by atoms with Crippen molar-refractivity contribution in [2.24, 2.45) is 5.73 Å². The van der Waals surface area contributed by atoms with Gasteiger partial charge in [0, 0.05) is 19.7 Å². The molecule has 0 atom stereocenters. The molecule has 1 aromatic heterocycles. The SMILES string of the molecule is CC.CC=O.CN(C)C(=O)c1ccc(-n2cc(N)c(C(N)=O)n2)cc1. The fraction of sp³-hybridized carbons (Fsp3) is 0.294. The first-order valence-electron chi connectivity index (χ1n) is 7.68. The van der Waals surface area contributed by atoms with Gasteiger partial charge in [-0.2, -0.15) is 5.10 Å². The molecular weight excluding hydrogens is 322 g/mol. The fourth-order valence-corrected chi connectivity index (χ4v) is 1.73. The summed E-state index contributed by atoms with van der Waals surface area (Å²) >= 11 is 0. The quantitative estimate of drug-likeness (QED) is 0.814. The Morgan fingerprint density at radius 3 is 2.00 bits per heavy atom. The molecular formula is C17H25N5O3. The Hall–Kier alpha value is -3.16. The van der Waals surface area contributed by atoms with Crippen molar-refractivity contribution in [1.82, 2.24) is 14.7 Å². The molecule has 1 heterocycles. The number of anilines is 1. The molecule has 8 heteroatoms. The number of carbonyl (C=O) groups excluding carboxylic acids is 3. The molecule has 0 aliphatic carbocycles. The van der Waals surface area contributed by atoms with E-state index in [1.807, 2.05) is 13.8 Å². The van der Waals surface area contributed by atoms with Gasteiger partial charge in [-0.1, -0.05) is 13.8 Å². The number of amides is 2. The van der Waals surface area contributed by atoms with Crippen LogP contribution < -0.4 is 11.5 Å². The molecule has 25 heavy (non-hydrogen) atoms. The van der Waals surface area contributed by atoms with Crippen molar-refractivity contribution in [1.29, 1.82) is 0 Å². The first-order valence-corrected chi connectivity index (χ1v) is 7.68. The standard InChI is InChI=1S/C13H15N5O2.C2H4O.C2H6/c1-17(2)13(20)8-3-5-9(6-4-8)18-7-10(14)11(16-18)12(15)19;1-2-3;1-2/h3-7H,14H2,1-2H3,(H2,15,19);2H,1H3;1-2H3. The lowest BCUT2D eigenvalue weighted by atomic mass is 10.2. The highest BCUT2D eigenvalue weighted by Gasteiger charge is 2.13. The van der Waals surface area contributed by atoms with Gasteiger partial charge in [-0.15, -0.1) is 0 Å². The number of hydrogen-bond acceptors (Lipinski definition) is 5. The first-order chi connectivity index (χ1) is 11.8.